The van der Waals surface area contributed by atoms with E-state index in [1.807, 2.05) is 54.6 Å². The quantitative estimate of drug-likeness (QED) is 0.156. The van der Waals surface area contributed by atoms with Gasteiger partial charge in [0.2, 0.25) is 0 Å². The lowest BCUT2D eigenvalue weighted by molar-refractivity contribution is -0.139. The lowest BCUT2D eigenvalue weighted by atomic mass is 9.92. The number of allylic oxidation sites excluding steroid dienone is 1. The molecule has 0 heterocycles. The Hall–Kier alpha value is -4.25. The number of fused-ring (bicyclic) bond motifs is 1. The van der Waals surface area contributed by atoms with Gasteiger partial charge >= 0.3 is 6.18 Å². The van der Waals surface area contributed by atoms with Gasteiger partial charge in [0.25, 0.3) is 0 Å². The first-order valence-corrected chi connectivity index (χ1v) is 12.2. The average molecular weight is 515 g/mol. The first-order chi connectivity index (χ1) is 18.3. The van der Waals surface area contributed by atoms with Crippen LogP contribution in [0, 0.1) is 11.6 Å². The van der Waals surface area contributed by atoms with E-state index in [0.717, 1.165) is 47.1 Å². The summed E-state index contributed by atoms with van der Waals surface area (Å²) in [5.41, 5.74) is 3.43. The highest BCUT2D eigenvalue weighted by Crippen LogP contribution is 2.37. The largest absolute Gasteiger partial charge is 0.419 e. The number of aryl methyl sites for hydroxylation is 1. The minimum Gasteiger partial charge on any atom is -0.206 e. The Labute approximate surface area is 217 Å². The topological polar surface area (TPSA) is 0 Å². The van der Waals surface area contributed by atoms with Crippen molar-refractivity contribution >= 4 is 10.8 Å². The van der Waals surface area contributed by atoms with E-state index >= 15 is 4.39 Å². The Morgan fingerprint density at radius 1 is 0.658 bits per heavy atom. The van der Waals surface area contributed by atoms with Crippen molar-refractivity contribution in [3.05, 3.63) is 132 Å². The van der Waals surface area contributed by atoms with Crippen LogP contribution in [0.3, 0.4) is 0 Å². The summed E-state index contributed by atoms with van der Waals surface area (Å²) in [5.74, 6) is -1.62. The molecule has 0 aromatic heterocycles. The molecule has 0 amide bonds. The molecule has 0 unspecified atom stereocenters. The minimum atomic E-state index is -4.76. The van der Waals surface area contributed by atoms with Crippen molar-refractivity contribution in [1.29, 1.82) is 0 Å². The van der Waals surface area contributed by atoms with E-state index in [1.165, 1.54) is 6.07 Å². The predicted octanol–water partition coefficient (Wildman–Crippen LogP) is 10.3. The van der Waals surface area contributed by atoms with Gasteiger partial charge in [-0.05, 0) is 63.7 Å². The van der Waals surface area contributed by atoms with Gasteiger partial charge < -0.3 is 0 Å². The van der Waals surface area contributed by atoms with Crippen LogP contribution in [0.2, 0.25) is 0 Å². The molecule has 0 atom stereocenters. The Kier molecular flexibility index (Phi) is 6.85. The third-order valence-corrected chi connectivity index (χ3v) is 6.68. The van der Waals surface area contributed by atoms with E-state index in [0.29, 0.717) is 27.6 Å². The van der Waals surface area contributed by atoms with Crippen molar-refractivity contribution in [3.63, 3.8) is 0 Å². The maximum atomic E-state index is 15.5. The van der Waals surface area contributed by atoms with Gasteiger partial charge in [-0.25, -0.2) is 8.78 Å². The van der Waals surface area contributed by atoms with Gasteiger partial charge in [0, 0.05) is 10.9 Å². The lowest BCUT2D eigenvalue weighted by Crippen LogP contribution is -2.07. The van der Waals surface area contributed by atoms with Crippen LogP contribution in [0.5, 0.6) is 0 Å². The third-order valence-electron chi connectivity index (χ3n) is 6.68. The van der Waals surface area contributed by atoms with E-state index in [4.69, 9.17) is 0 Å². The Balaban J connectivity index is 1.48. The van der Waals surface area contributed by atoms with Crippen LogP contribution in [0.15, 0.2) is 110 Å². The highest BCUT2D eigenvalue weighted by Gasteiger charge is 2.34. The molecule has 0 fully saturated rings. The van der Waals surface area contributed by atoms with Crippen LogP contribution in [0.25, 0.3) is 44.2 Å². The fourth-order valence-electron chi connectivity index (χ4n) is 4.72. The predicted molar refractivity (Wildman–Crippen MR) is 144 cm³/mol. The van der Waals surface area contributed by atoms with Crippen molar-refractivity contribution < 1.29 is 22.0 Å². The standard InChI is InChI=1S/C33H23F5/c1-2-3-6-21-9-16-29-24(19-21)14-17-28(32(29)35)23-12-10-22(11-13-23)26-7-4-5-8-27(26)25-15-18-30(31(34)20-25)33(36,37)38/h2,4-5,7-20H,1,3,6H2. The highest BCUT2D eigenvalue weighted by atomic mass is 19.4. The Bertz CT molecular complexity index is 1630. The number of benzene rings is 5. The van der Waals surface area contributed by atoms with Gasteiger partial charge in [0.15, 0.2) is 0 Å². The first-order valence-electron chi connectivity index (χ1n) is 12.2. The van der Waals surface area contributed by atoms with Crippen LogP contribution in [0.4, 0.5) is 22.0 Å². The molecule has 190 valence electrons. The molecule has 5 rings (SSSR count). The molecule has 0 N–H and O–H groups in total. The molecule has 5 aromatic carbocycles. The smallest absolute Gasteiger partial charge is 0.206 e. The Morgan fingerprint density at radius 3 is 1.92 bits per heavy atom. The summed E-state index contributed by atoms with van der Waals surface area (Å²) in [7, 11) is 0. The normalized spacial score (nSPS) is 11.6. The van der Waals surface area contributed by atoms with E-state index in [2.05, 4.69) is 6.58 Å². The Morgan fingerprint density at radius 2 is 1.29 bits per heavy atom. The number of hydrogen-bond acceptors (Lipinski definition) is 0. The summed E-state index contributed by atoms with van der Waals surface area (Å²) < 4.78 is 68.8. The molecule has 5 aromatic rings. The zero-order chi connectivity index (χ0) is 26.9. The molecule has 38 heavy (non-hydrogen) atoms. The summed E-state index contributed by atoms with van der Waals surface area (Å²) in [6.45, 7) is 3.75. The molecule has 0 nitrogen and oxygen atoms in total. The molecule has 0 bridgehead atoms. The molecular weight excluding hydrogens is 491 g/mol. The summed E-state index contributed by atoms with van der Waals surface area (Å²) in [6.07, 6.45) is -1.19. The second-order valence-corrected chi connectivity index (χ2v) is 9.13. The molecule has 0 saturated carbocycles. The molecule has 0 aliphatic heterocycles. The van der Waals surface area contributed by atoms with Gasteiger partial charge in [-0.2, -0.15) is 13.2 Å². The van der Waals surface area contributed by atoms with Gasteiger partial charge in [0.1, 0.15) is 11.6 Å². The van der Waals surface area contributed by atoms with Crippen molar-refractivity contribution in [3.8, 4) is 33.4 Å². The zero-order valence-electron chi connectivity index (χ0n) is 20.3. The molecule has 0 aliphatic carbocycles. The number of rotatable bonds is 6. The van der Waals surface area contributed by atoms with Crippen LogP contribution >= 0.6 is 0 Å². The van der Waals surface area contributed by atoms with E-state index in [9.17, 15) is 17.6 Å². The van der Waals surface area contributed by atoms with Crippen molar-refractivity contribution in [1.82, 2.24) is 0 Å². The average Bonchev–Trinajstić information content (AvgIpc) is 2.91. The summed E-state index contributed by atoms with van der Waals surface area (Å²) in [6, 6.07) is 26.7. The molecule has 0 radical (unpaired) electrons. The second-order valence-electron chi connectivity index (χ2n) is 9.13. The summed E-state index contributed by atoms with van der Waals surface area (Å²) >= 11 is 0. The summed E-state index contributed by atoms with van der Waals surface area (Å²) in [4.78, 5) is 0. The van der Waals surface area contributed by atoms with Crippen molar-refractivity contribution in [2.45, 2.75) is 19.0 Å². The van der Waals surface area contributed by atoms with Crippen LogP contribution in [0.1, 0.15) is 17.5 Å². The first kappa shape index (κ1) is 25.4. The van der Waals surface area contributed by atoms with Crippen molar-refractivity contribution in [2.24, 2.45) is 0 Å². The van der Waals surface area contributed by atoms with E-state index in [-0.39, 0.29) is 5.82 Å². The highest BCUT2D eigenvalue weighted by molar-refractivity contribution is 5.89. The zero-order valence-corrected chi connectivity index (χ0v) is 20.3. The van der Waals surface area contributed by atoms with Crippen LogP contribution < -0.4 is 0 Å². The maximum absolute atomic E-state index is 15.5. The molecule has 5 heteroatoms. The SMILES string of the molecule is C=CCCc1ccc2c(F)c(-c3ccc(-c4ccccc4-c4ccc(C(F)(F)F)c(F)c4)cc3)ccc2c1. The number of alkyl halides is 3. The fourth-order valence-corrected chi connectivity index (χ4v) is 4.72. The van der Waals surface area contributed by atoms with Gasteiger partial charge in [-0.15, -0.1) is 6.58 Å². The maximum Gasteiger partial charge on any atom is 0.419 e. The number of halogens is 5. The summed E-state index contributed by atoms with van der Waals surface area (Å²) in [5, 5.41) is 1.38. The monoisotopic (exact) mass is 514 g/mol. The fraction of sp³-hybridized carbons (Fsp3) is 0.0909. The van der Waals surface area contributed by atoms with Gasteiger partial charge in [-0.3, -0.25) is 0 Å². The lowest BCUT2D eigenvalue weighted by Gasteiger charge is -2.14. The molecule has 0 spiro atoms. The van der Waals surface area contributed by atoms with E-state index < -0.39 is 17.6 Å². The molecule has 0 saturated heterocycles. The minimum absolute atomic E-state index is 0.300. The van der Waals surface area contributed by atoms with Gasteiger partial charge in [0.05, 0.1) is 5.56 Å². The third kappa shape index (κ3) is 4.97. The molecular formula is C33H23F5. The number of hydrogen-bond donors (Lipinski definition) is 0. The van der Waals surface area contributed by atoms with E-state index in [1.54, 1.807) is 30.3 Å². The van der Waals surface area contributed by atoms with Crippen molar-refractivity contribution in [2.75, 3.05) is 0 Å². The van der Waals surface area contributed by atoms with Gasteiger partial charge in [-0.1, -0.05) is 91.0 Å². The van der Waals surface area contributed by atoms with Crippen LogP contribution in [-0.4, -0.2) is 0 Å². The second kappa shape index (κ2) is 10.3. The van der Waals surface area contributed by atoms with Crippen LogP contribution in [-0.2, 0) is 12.6 Å². The molecule has 0 aliphatic rings.